The number of esters is 1. The van der Waals surface area contributed by atoms with E-state index in [0.29, 0.717) is 26.7 Å². The van der Waals surface area contributed by atoms with Crippen LogP contribution in [-0.2, 0) is 4.74 Å². The number of aromatic hydroxyl groups is 1. The van der Waals surface area contributed by atoms with E-state index in [0.717, 1.165) is 30.9 Å². The third-order valence-electron chi connectivity index (χ3n) is 5.07. The van der Waals surface area contributed by atoms with Gasteiger partial charge < -0.3 is 14.7 Å². The van der Waals surface area contributed by atoms with Crippen LogP contribution in [0.15, 0.2) is 53.5 Å². The summed E-state index contributed by atoms with van der Waals surface area (Å²) in [5.41, 5.74) is 3.07. The van der Waals surface area contributed by atoms with E-state index in [1.54, 1.807) is 35.0 Å². The summed E-state index contributed by atoms with van der Waals surface area (Å²) in [5, 5.41) is 10.6. The molecule has 8 heteroatoms. The van der Waals surface area contributed by atoms with Crippen LogP contribution >= 0.6 is 23.6 Å². The van der Waals surface area contributed by atoms with E-state index < -0.39 is 0 Å². The number of hydrogen-bond acceptors (Lipinski definition) is 7. The lowest BCUT2D eigenvalue weighted by molar-refractivity contribution is 0.0466. The molecule has 0 atom stereocenters. The first-order valence-corrected chi connectivity index (χ1v) is 11.7. The maximum Gasteiger partial charge on any atom is 0.338 e. The normalized spacial score (nSPS) is 11.4. The average Bonchev–Trinajstić information content (AvgIpc) is 3.09. The van der Waals surface area contributed by atoms with Crippen molar-refractivity contribution in [2.75, 3.05) is 26.2 Å². The minimum Gasteiger partial charge on any atom is -0.493 e. The highest BCUT2D eigenvalue weighted by atomic mass is 32.1. The molecule has 32 heavy (non-hydrogen) atoms. The summed E-state index contributed by atoms with van der Waals surface area (Å²) < 4.78 is 7.51. The van der Waals surface area contributed by atoms with E-state index >= 15 is 0 Å². The predicted octanol–water partition coefficient (Wildman–Crippen LogP) is 5.53. The lowest BCUT2D eigenvalue weighted by Crippen LogP contribution is -2.27. The molecule has 2 aromatic carbocycles. The van der Waals surface area contributed by atoms with Crippen molar-refractivity contribution >= 4 is 41.4 Å². The van der Waals surface area contributed by atoms with Gasteiger partial charge in [0, 0.05) is 6.54 Å². The summed E-state index contributed by atoms with van der Waals surface area (Å²) in [6, 6.07) is 14.6. The van der Waals surface area contributed by atoms with Gasteiger partial charge in [-0.2, -0.15) is 0 Å². The first-order chi connectivity index (χ1) is 15.4. The van der Waals surface area contributed by atoms with Crippen molar-refractivity contribution in [3.8, 4) is 11.6 Å². The Hall–Kier alpha value is -2.81. The molecule has 0 spiro atoms. The van der Waals surface area contributed by atoms with Crippen molar-refractivity contribution in [1.82, 2.24) is 9.47 Å². The number of nitrogens with zero attached hydrogens (tertiary/aromatic N) is 3. The SMILES string of the molecule is CCN(CC)CCOC(=O)c1ccc(N=Cc2sc(=S)n(-c3ccc(C)cc3)c2O)cc1. The van der Waals surface area contributed by atoms with Crippen LogP contribution in [0.4, 0.5) is 5.69 Å². The number of ether oxygens (including phenoxy) is 1. The van der Waals surface area contributed by atoms with Gasteiger partial charge in [0.2, 0.25) is 5.88 Å². The van der Waals surface area contributed by atoms with Gasteiger partial charge in [0.15, 0.2) is 3.95 Å². The predicted molar refractivity (Wildman–Crippen MR) is 133 cm³/mol. The van der Waals surface area contributed by atoms with Crippen molar-refractivity contribution in [3.05, 3.63) is 68.5 Å². The fraction of sp³-hybridized carbons (Fsp3) is 0.292. The highest BCUT2D eigenvalue weighted by Crippen LogP contribution is 2.29. The molecule has 0 aliphatic rings. The van der Waals surface area contributed by atoms with Gasteiger partial charge >= 0.3 is 5.97 Å². The number of aryl methyl sites for hydroxylation is 1. The lowest BCUT2D eigenvalue weighted by atomic mass is 10.2. The Kier molecular flexibility index (Phi) is 8.33. The maximum atomic E-state index is 12.2. The molecule has 1 heterocycles. The number of hydrogen-bond donors (Lipinski definition) is 1. The van der Waals surface area contributed by atoms with Crippen molar-refractivity contribution in [2.24, 2.45) is 4.99 Å². The number of likely N-dealkylation sites (N-methyl/N-ethyl adjacent to an activating group) is 1. The molecule has 6 nitrogen and oxygen atoms in total. The van der Waals surface area contributed by atoms with Crippen LogP contribution in [0.5, 0.6) is 5.88 Å². The molecular formula is C24H27N3O3S2. The highest BCUT2D eigenvalue weighted by molar-refractivity contribution is 7.73. The molecular weight excluding hydrogens is 442 g/mol. The van der Waals surface area contributed by atoms with Crippen LogP contribution < -0.4 is 0 Å². The van der Waals surface area contributed by atoms with Gasteiger partial charge in [-0.1, -0.05) is 42.9 Å². The molecule has 0 bridgehead atoms. The molecule has 0 fully saturated rings. The second-order valence-corrected chi connectivity index (χ2v) is 8.87. The number of thiazole rings is 1. The van der Waals surface area contributed by atoms with Gasteiger partial charge in [-0.3, -0.25) is 9.56 Å². The van der Waals surface area contributed by atoms with E-state index in [9.17, 15) is 9.90 Å². The standard InChI is InChI=1S/C24H27N3O3S2/c1-4-26(5-2)14-15-30-23(29)18-8-10-19(11-9-18)25-16-21-22(28)27(24(31)32-21)20-12-6-17(3)7-13-20/h6-13,16,28H,4-5,14-15H2,1-3H3. The third-order valence-corrected chi connectivity index (χ3v) is 6.37. The maximum absolute atomic E-state index is 12.2. The summed E-state index contributed by atoms with van der Waals surface area (Å²) in [7, 11) is 0. The Labute approximate surface area is 197 Å². The van der Waals surface area contributed by atoms with E-state index in [1.807, 2.05) is 31.2 Å². The molecule has 1 aromatic heterocycles. The fourth-order valence-corrected chi connectivity index (χ4v) is 4.32. The largest absolute Gasteiger partial charge is 0.493 e. The Morgan fingerprint density at radius 1 is 1.16 bits per heavy atom. The van der Waals surface area contributed by atoms with E-state index in [-0.39, 0.29) is 11.8 Å². The summed E-state index contributed by atoms with van der Waals surface area (Å²) in [6.45, 7) is 9.11. The molecule has 0 amide bonds. The Bertz CT molecular complexity index is 1130. The smallest absolute Gasteiger partial charge is 0.338 e. The number of rotatable bonds is 9. The quantitative estimate of drug-likeness (QED) is 0.253. The number of carbonyl (C=O) groups is 1. The molecule has 0 unspecified atom stereocenters. The average molecular weight is 470 g/mol. The van der Waals surface area contributed by atoms with Gasteiger partial charge in [-0.05, 0) is 68.6 Å². The second-order valence-electron chi connectivity index (χ2n) is 7.19. The van der Waals surface area contributed by atoms with Gasteiger partial charge in [0.05, 0.1) is 23.2 Å². The zero-order valence-corrected chi connectivity index (χ0v) is 20.1. The highest BCUT2D eigenvalue weighted by Gasteiger charge is 2.12. The van der Waals surface area contributed by atoms with Crippen LogP contribution in [0.25, 0.3) is 5.69 Å². The Morgan fingerprint density at radius 3 is 2.44 bits per heavy atom. The Morgan fingerprint density at radius 2 is 1.81 bits per heavy atom. The van der Waals surface area contributed by atoms with Crippen LogP contribution in [0.2, 0.25) is 0 Å². The fourth-order valence-electron chi connectivity index (χ4n) is 3.09. The first kappa shape index (κ1) is 23.8. The van der Waals surface area contributed by atoms with Gasteiger partial charge in [0.25, 0.3) is 0 Å². The first-order valence-electron chi connectivity index (χ1n) is 10.5. The topological polar surface area (TPSA) is 67.1 Å². The van der Waals surface area contributed by atoms with E-state index in [4.69, 9.17) is 17.0 Å². The molecule has 3 rings (SSSR count). The summed E-state index contributed by atoms with van der Waals surface area (Å²) in [6.07, 6.45) is 1.58. The monoisotopic (exact) mass is 469 g/mol. The zero-order chi connectivity index (χ0) is 23.1. The minimum absolute atomic E-state index is 0.0565. The third kappa shape index (κ3) is 5.91. The van der Waals surface area contributed by atoms with Crippen LogP contribution in [-0.4, -0.2) is 53.0 Å². The minimum atomic E-state index is -0.349. The van der Waals surface area contributed by atoms with Crippen LogP contribution in [0.3, 0.4) is 0 Å². The van der Waals surface area contributed by atoms with Crippen LogP contribution in [0.1, 0.15) is 34.6 Å². The molecule has 1 N–H and O–H groups in total. The number of aliphatic imine (C=N–C) groups is 1. The Balaban J connectivity index is 1.66. The van der Waals surface area contributed by atoms with Gasteiger partial charge in [-0.25, -0.2) is 4.79 Å². The summed E-state index contributed by atoms with van der Waals surface area (Å²) in [4.78, 5) is 19.4. The molecule has 3 aromatic rings. The van der Waals surface area contributed by atoms with E-state index in [1.165, 1.54) is 11.3 Å². The van der Waals surface area contributed by atoms with Crippen LogP contribution in [0, 0.1) is 10.9 Å². The number of carbonyl (C=O) groups excluding carboxylic acids is 1. The van der Waals surface area contributed by atoms with Crippen molar-refractivity contribution < 1.29 is 14.6 Å². The summed E-state index contributed by atoms with van der Waals surface area (Å²) >= 11 is 6.71. The zero-order valence-electron chi connectivity index (χ0n) is 18.4. The molecule has 0 saturated carbocycles. The molecule has 168 valence electrons. The molecule has 0 radical (unpaired) electrons. The number of benzene rings is 2. The second kappa shape index (κ2) is 11.2. The van der Waals surface area contributed by atoms with E-state index in [2.05, 4.69) is 23.7 Å². The summed E-state index contributed by atoms with van der Waals surface area (Å²) in [5.74, 6) is -0.292. The molecule has 0 aliphatic carbocycles. The number of aromatic nitrogens is 1. The van der Waals surface area contributed by atoms with Crippen molar-refractivity contribution in [3.63, 3.8) is 0 Å². The molecule has 0 saturated heterocycles. The van der Waals surface area contributed by atoms with Crippen molar-refractivity contribution in [1.29, 1.82) is 0 Å². The van der Waals surface area contributed by atoms with Gasteiger partial charge in [-0.15, -0.1) is 0 Å². The van der Waals surface area contributed by atoms with Gasteiger partial charge in [0.1, 0.15) is 11.5 Å². The lowest BCUT2D eigenvalue weighted by Gasteiger charge is -2.17. The van der Waals surface area contributed by atoms with Crippen molar-refractivity contribution in [2.45, 2.75) is 20.8 Å². The molecule has 0 aliphatic heterocycles.